The Bertz CT molecular complexity index is 4290. The number of nitrogens with zero attached hydrogens (tertiary/aromatic N) is 2. The Balaban J connectivity index is 0.777. The van der Waals surface area contributed by atoms with E-state index in [0.717, 1.165) is 34.1 Å². The molecule has 0 heterocycles. The van der Waals surface area contributed by atoms with Gasteiger partial charge in [0.1, 0.15) is 0 Å². The molecular weight excluding hydrogens is 1050 g/mol. The zero-order chi connectivity index (χ0) is 57.7. The zero-order valence-electron chi connectivity index (χ0n) is 47.9. The van der Waals surface area contributed by atoms with E-state index >= 15 is 0 Å². The molecule has 0 N–H and O–H groups in total. The molecule has 0 radical (unpaired) electrons. The maximum Gasteiger partial charge on any atom is 0.0725 e. The number of anilines is 6. The zero-order valence-corrected chi connectivity index (χ0v) is 47.9. The first-order valence-electron chi connectivity index (χ1n) is 30.1. The molecule has 87 heavy (non-hydrogen) atoms. The predicted octanol–water partition coefficient (Wildman–Crippen LogP) is 23.0. The third-order valence-electron chi connectivity index (χ3n) is 17.9. The fraction of sp³-hybridized carbons (Fsp3) is 0.0118. The highest BCUT2D eigenvalue weighted by atomic mass is 15.1. The minimum Gasteiger partial charge on any atom is -0.311 e. The molecule has 2 aliphatic carbocycles. The molecule has 408 valence electrons. The first-order valence-corrected chi connectivity index (χ1v) is 30.1. The Labute approximate surface area is 509 Å². The highest BCUT2D eigenvalue weighted by molar-refractivity contribution is 6.03. The van der Waals surface area contributed by atoms with Crippen LogP contribution in [0.2, 0.25) is 0 Å². The molecule has 0 saturated heterocycles. The minimum absolute atomic E-state index is 0.535. The van der Waals surface area contributed by atoms with E-state index in [1.54, 1.807) is 0 Å². The van der Waals surface area contributed by atoms with Gasteiger partial charge in [0.05, 0.1) is 5.41 Å². The summed E-state index contributed by atoms with van der Waals surface area (Å²) >= 11 is 0. The molecule has 0 atom stereocenters. The summed E-state index contributed by atoms with van der Waals surface area (Å²) in [6.07, 6.45) is 0. The predicted molar refractivity (Wildman–Crippen MR) is 365 cm³/mol. The average Bonchev–Trinajstić information content (AvgIpc) is 1.76. The quantitative estimate of drug-likeness (QED) is 0.120. The molecule has 14 aromatic rings. The van der Waals surface area contributed by atoms with Crippen LogP contribution >= 0.6 is 0 Å². The van der Waals surface area contributed by atoms with Gasteiger partial charge in [-0.25, -0.2) is 0 Å². The highest BCUT2D eigenvalue weighted by Gasteiger charge is 2.52. The summed E-state index contributed by atoms with van der Waals surface area (Å²) in [7, 11) is 0. The van der Waals surface area contributed by atoms with Crippen LogP contribution in [0.15, 0.2) is 352 Å². The SMILES string of the molecule is c1ccc(-c2ccc(N(c3ccc(-c4ccccc4)cc3)c3ccc(-c4cccc5c4-c4ccccc4C54c5ccccc5-c5c(-c6ccc(N(c7ccc(-c8ccccc8)cc7)c7ccc(-c8ccccc8)cc7)cc6)cccc54)cc3)cc2)cc1. The summed E-state index contributed by atoms with van der Waals surface area (Å²) < 4.78 is 0. The number of hydrogen-bond donors (Lipinski definition) is 0. The maximum absolute atomic E-state index is 2.40. The average molecular weight is 1110 g/mol. The molecule has 1 spiro atoms. The summed E-state index contributed by atoms with van der Waals surface area (Å²) in [5, 5.41) is 0. The molecule has 0 fully saturated rings. The molecule has 0 amide bonds. The molecule has 2 aliphatic rings. The second kappa shape index (κ2) is 21.7. The number of fused-ring (bicyclic) bond motifs is 10. The monoisotopic (exact) mass is 1110 g/mol. The van der Waals surface area contributed by atoms with Crippen molar-refractivity contribution in [3.8, 4) is 89.0 Å². The van der Waals surface area contributed by atoms with Crippen LogP contribution in [0, 0.1) is 0 Å². The van der Waals surface area contributed by atoms with Crippen LogP contribution in [0.1, 0.15) is 22.3 Å². The Morgan fingerprint density at radius 2 is 0.356 bits per heavy atom. The molecule has 0 unspecified atom stereocenters. The van der Waals surface area contributed by atoms with Gasteiger partial charge in [-0.15, -0.1) is 0 Å². The lowest BCUT2D eigenvalue weighted by molar-refractivity contribution is 0.794. The molecule has 2 nitrogen and oxygen atoms in total. The smallest absolute Gasteiger partial charge is 0.0725 e. The van der Waals surface area contributed by atoms with E-state index in [2.05, 4.69) is 362 Å². The van der Waals surface area contributed by atoms with Crippen molar-refractivity contribution in [1.82, 2.24) is 0 Å². The third kappa shape index (κ3) is 8.89. The lowest BCUT2D eigenvalue weighted by Gasteiger charge is -2.30. The van der Waals surface area contributed by atoms with Gasteiger partial charge >= 0.3 is 0 Å². The molecule has 16 rings (SSSR count). The molecule has 0 aliphatic heterocycles. The Morgan fingerprint density at radius 1 is 0.149 bits per heavy atom. The van der Waals surface area contributed by atoms with Crippen molar-refractivity contribution in [3.05, 3.63) is 374 Å². The second-order valence-electron chi connectivity index (χ2n) is 22.7. The van der Waals surface area contributed by atoms with E-state index in [1.165, 1.54) is 111 Å². The van der Waals surface area contributed by atoms with Gasteiger partial charge in [-0.2, -0.15) is 0 Å². The normalized spacial score (nSPS) is 12.2. The van der Waals surface area contributed by atoms with Gasteiger partial charge in [0.2, 0.25) is 0 Å². The van der Waals surface area contributed by atoms with Gasteiger partial charge in [-0.3, -0.25) is 0 Å². The van der Waals surface area contributed by atoms with Crippen LogP contribution in [-0.2, 0) is 5.41 Å². The minimum atomic E-state index is -0.535. The van der Waals surface area contributed by atoms with E-state index in [4.69, 9.17) is 0 Å². The van der Waals surface area contributed by atoms with Crippen LogP contribution in [-0.4, -0.2) is 0 Å². The van der Waals surface area contributed by atoms with E-state index in [0.29, 0.717) is 0 Å². The van der Waals surface area contributed by atoms with E-state index in [1.807, 2.05) is 0 Å². The van der Waals surface area contributed by atoms with Crippen molar-refractivity contribution in [2.75, 3.05) is 9.80 Å². The lowest BCUT2D eigenvalue weighted by atomic mass is 9.70. The molecule has 2 heteroatoms. The first kappa shape index (κ1) is 51.3. The highest BCUT2D eigenvalue weighted by Crippen LogP contribution is 2.65. The number of benzene rings is 14. The van der Waals surface area contributed by atoms with Gasteiger partial charge in [0, 0.05) is 34.1 Å². The summed E-state index contributed by atoms with van der Waals surface area (Å²) in [5.41, 5.74) is 30.8. The van der Waals surface area contributed by atoms with E-state index < -0.39 is 5.41 Å². The fourth-order valence-corrected chi connectivity index (χ4v) is 13.9. The largest absolute Gasteiger partial charge is 0.311 e. The van der Waals surface area contributed by atoms with Crippen molar-refractivity contribution in [1.29, 1.82) is 0 Å². The third-order valence-corrected chi connectivity index (χ3v) is 17.9. The Morgan fingerprint density at radius 3 is 0.632 bits per heavy atom. The second-order valence-corrected chi connectivity index (χ2v) is 22.7. The molecule has 0 aromatic heterocycles. The Kier molecular flexibility index (Phi) is 12.8. The van der Waals surface area contributed by atoms with Crippen LogP contribution in [0.5, 0.6) is 0 Å². The maximum atomic E-state index is 2.40. The molecular formula is C85H58N2. The van der Waals surface area contributed by atoms with Crippen molar-refractivity contribution >= 4 is 34.1 Å². The molecule has 14 aromatic carbocycles. The van der Waals surface area contributed by atoms with Gasteiger partial charge in [0.25, 0.3) is 0 Å². The lowest BCUT2D eigenvalue weighted by Crippen LogP contribution is -2.25. The molecule has 0 saturated carbocycles. The van der Waals surface area contributed by atoms with Crippen molar-refractivity contribution in [2.45, 2.75) is 5.41 Å². The Hall–Kier alpha value is -11.3. The van der Waals surface area contributed by atoms with E-state index in [-0.39, 0.29) is 0 Å². The van der Waals surface area contributed by atoms with Crippen molar-refractivity contribution < 1.29 is 0 Å². The van der Waals surface area contributed by atoms with Gasteiger partial charge in [0.15, 0.2) is 0 Å². The van der Waals surface area contributed by atoms with Crippen LogP contribution in [0.25, 0.3) is 89.0 Å². The van der Waals surface area contributed by atoms with Crippen LogP contribution in [0.4, 0.5) is 34.1 Å². The van der Waals surface area contributed by atoms with Crippen LogP contribution in [0.3, 0.4) is 0 Å². The summed E-state index contributed by atoms with van der Waals surface area (Å²) in [6, 6.07) is 129. The molecule has 0 bridgehead atoms. The first-order chi connectivity index (χ1) is 43.2. The van der Waals surface area contributed by atoms with Gasteiger partial charge < -0.3 is 9.80 Å². The van der Waals surface area contributed by atoms with Crippen molar-refractivity contribution in [3.63, 3.8) is 0 Å². The summed E-state index contributed by atoms with van der Waals surface area (Å²) in [4.78, 5) is 4.74. The van der Waals surface area contributed by atoms with Crippen LogP contribution < -0.4 is 9.80 Å². The van der Waals surface area contributed by atoms with Gasteiger partial charge in [-0.1, -0.05) is 279 Å². The van der Waals surface area contributed by atoms with E-state index in [9.17, 15) is 0 Å². The summed E-state index contributed by atoms with van der Waals surface area (Å²) in [5.74, 6) is 0. The summed E-state index contributed by atoms with van der Waals surface area (Å²) in [6.45, 7) is 0. The number of hydrogen-bond acceptors (Lipinski definition) is 2. The number of rotatable bonds is 12. The topological polar surface area (TPSA) is 6.48 Å². The fourth-order valence-electron chi connectivity index (χ4n) is 13.9. The standard InChI is InChI=1S/C85H58N2/c1-5-19-59(20-6-1)63-35-47-69(48-36-63)86(70-49-37-64(38-50-70)60-21-7-2-8-22-60)73-55-43-67(44-56-73)75-29-17-33-81-83(75)77-27-13-15-31-79(77)85(81)80-32-16-14-28-78(80)84-76(30-18-34-82(84)85)68-45-57-74(58-46-68)87(71-51-39-65(40-52-71)61-23-9-3-10-24-61)72-53-41-66(42-54-72)62-25-11-4-12-26-62/h1-58H. The van der Waals surface area contributed by atoms with Crippen molar-refractivity contribution in [2.24, 2.45) is 0 Å². The van der Waals surface area contributed by atoms with Gasteiger partial charge in [-0.05, 0) is 184 Å².